The minimum atomic E-state index is -0.411. The smallest absolute Gasteiger partial charge is 0.363 e. The van der Waals surface area contributed by atoms with E-state index in [1.54, 1.807) is 6.08 Å². The molecule has 1 aliphatic rings. The molecule has 110 valence electrons. The summed E-state index contributed by atoms with van der Waals surface area (Å²) in [5.41, 5.74) is 3.23. The van der Waals surface area contributed by atoms with Gasteiger partial charge in [0.1, 0.15) is 0 Å². The summed E-state index contributed by atoms with van der Waals surface area (Å²) in [5, 5.41) is 0. The molecular weight excluding hydrogens is 504 g/mol. The Balaban J connectivity index is 1.98. The van der Waals surface area contributed by atoms with Crippen LogP contribution in [0.1, 0.15) is 16.7 Å². The molecule has 0 saturated carbocycles. The van der Waals surface area contributed by atoms with E-state index in [1.807, 2.05) is 49.4 Å². The third-order valence-electron chi connectivity index (χ3n) is 3.22. The summed E-state index contributed by atoms with van der Waals surface area (Å²) in [5.74, 6) is -0.0486. The van der Waals surface area contributed by atoms with Gasteiger partial charge >= 0.3 is 5.97 Å². The molecule has 3 rings (SSSR count). The van der Waals surface area contributed by atoms with Gasteiger partial charge in [-0.05, 0) is 93.6 Å². The summed E-state index contributed by atoms with van der Waals surface area (Å²) in [6.45, 7) is 2.02. The summed E-state index contributed by atoms with van der Waals surface area (Å²) < 4.78 is 7.54. The zero-order valence-electron chi connectivity index (χ0n) is 11.6. The van der Waals surface area contributed by atoms with Crippen molar-refractivity contribution in [1.29, 1.82) is 0 Å². The van der Waals surface area contributed by atoms with Crippen LogP contribution in [-0.4, -0.2) is 11.9 Å². The largest absolute Gasteiger partial charge is 0.402 e. The van der Waals surface area contributed by atoms with Crippen molar-refractivity contribution < 1.29 is 9.53 Å². The Morgan fingerprint density at radius 3 is 2.59 bits per heavy atom. The summed E-state index contributed by atoms with van der Waals surface area (Å²) >= 11 is 4.50. The second-order valence-corrected chi connectivity index (χ2v) is 7.15. The molecule has 0 radical (unpaired) electrons. The van der Waals surface area contributed by atoms with Gasteiger partial charge in [0.25, 0.3) is 0 Å². The fourth-order valence-corrected chi connectivity index (χ4v) is 2.93. The fraction of sp³-hybridized carbons (Fsp3) is 0.0588. The predicted molar refractivity (Wildman–Crippen MR) is 104 cm³/mol. The number of hydrogen-bond donors (Lipinski definition) is 0. The van der Waals surface area contributed by atoms with Crippen LogP contribution in [0.5, 0.6) is 0 Å². The third kappa shape index (κ3) is 3.24. The second kappa shape index (κ2) is 6.49. The summed E-state index contributed by atoms with van der Waals surface area (Å²) in [6.07, 6.45) is 1.76. The van der Waals surface area contributed by atoms with Crippen molar-refractivity contribution in [1.82, 2.24) is 0 Å². The molecule has 3 nitrogen and oxygen atoms in total. The minimum absolute atomic E-state index is 0.329. The molecule has 1 aliphatic heterocycles. The molecule has 0 saturated heterocycles. The van der Waals surface area contributed by atoms with Crippen molar-refractivity contribution in [3.8, 4) is 0 Å². The van der Waals surface area contributed by atoms with Crippen LogP contribution in [0, 0.1) is 14.1 Å². The molecule has 2 aromatic rings. The number of nitrogens with zero attached hydrogens (tertiary/aromatic N) is 1. The van der Waals surface area contributed by atoms with Crippen molar-refractivity contribution in [3.05, 3.63) is 72.0 Å². The molecule has 5 heteroatoms. The van der Waals surface area contributed by atoms with Crippen molar-refractivity contribution in [2.45, 2.75) is 6.92 Å². The first kappa shape index (κ1) is 15.7. The zero-order chi connectivity index (χ0) is 15.7. The molecule has 22 heavy (non-hydrogen) atoms. The lowest BCUT2D eigenvalue weighted by molar-refractivity contribution is -0.129. The standard InChI is InChI=1S/C17H11I2NO2/c1-10-8-12(6-7-13(10)18)16-20-15(17(21)22-16)9-11-4-2-3-5-14(11)19/h2-9H,1H3/b15-9-. The van der Waals surface area contributed by atoms with E-state index < -0.39 is 5.97 Å². The number of esters is 1. The van der Waals surface area contributed by atoms with Gasteiger partial charge in [-0.3, -0.25) is 0 Å². The van der Waals surface area contributed by atoms with E-state index in [-0.39, 0.29) is 0 Å². The van der Waals surface area contributed by atoms with Crippen LogP contribution in [0.4, 0.5) is 0 Å². The molecular formula is C17H11I2NO2. The number of aliphatic imine (C=N–C) groups is 1. The first-order valence-electron chi connectivity index (χ1n) is 6.58. The molecule has 2 aromatic carbocycles. The van der Waals surface area contributed by atoms with Crippen molar-refractivity contribution >= 4 is 63.1 Å². The lowest BCUT2D eigenvalue weighted by atomic mass is 10.1. The van der Waals surface area contributed by atoms with Crippen LogP contribution in [0.3, 0.4) is 0 Å². The molecule has 0 spiro atoms. The van der Waals surface area contributed by atoms with Gasteiger partial charge in [-0.1, -0.05) is 18.2 Å². The molecule has 0 aromatic heterocycles. The average Bonchev–Trinajstić information content (AvgIpc) is 2.85. The fourth-order valence-electron chi connectivity index (χ4n) is 2.05. The van der Waals surface area contributed by atoms with Gasteiger partial charge in [0, 0.05) is 12.7 Å². The number of aryl methyl sites for hydroxylation is 1. The van der Waals surface area contributed by atoms with Crippen LogP contribution in [0.2, 0.25) is 0 Å². The number of hydrogen-bond acceptors (Lipinski definition) is 3. The molecule has 0 bridgehead atoms. The molecule has 0 unspecified atom stereocenters. The first-order chi connectivity index (χ1) is 10.5. The Bertz CT molecular complexity index is 825. The predicted octanol–water partition coefficient (Wildman–Crippen LogP) is 4.55. The molecule has 0 N–H and O–H groups in total. The number of cyclic esters (lactones) is 1. The highest BCUT2D eigenvalue weighted by Gasteiger charge is 2.24. The topological polar surface area (TPSA) is 38.7 Å². The number of benzene rings is 2. The van der Waals surface area contributed by atoms with E-state index in [0.29, 0.717) is 11.6 Å². The van der Waals surface area contributed by atoms with E-state index >= 15 is 0 Å². The van der Waals surface area contributed by atoms with E-state index in [2.05, 4.69) is 50.2 Å². The van der Waals surface area contributed by atoms with Crippen LogP contribution in [0.15, 0.2) is 53.2 Å². The quantitative estimate of drug-likeness (QED) is 0.335. The highest BCUT2D eigenvalue weighted by atomic mass is 127. The lowest BCUT2D eigenvalue weighted by Gasteiger charge is -2.02. The van der Waals surface area contributed by atoms with Gasteiger partial charge in [-0.2, -0.15) is 0 Å². The van der Waals surface area contributed by atoms with Crippen molar-refractivity contribution in [2.24, 2.45) is 4.99 Å². The molecule has 0 aliphatic carbocycles. The highest BCUT2D eigenvalue weighted by Crippen LogP contribution is 2.22. The summed E-state index contributed by atoms with van der Waals surface area (Å²) in [6, 6.07) is 13.7. The number of carbonyl (C=O) groups excluding carboxylic acids is 1. The first-order valence-corrected chi connectivity index (χ1v) is 8.74. The highest BCUT2D eigenvalue weighted by molar-refractivity contribution is 14.1. The van der Waals surface area contributed by atoms with Gasteiger partial charge in [-0.15, -0.1) is 0 Å². The Labute approximate surface area is 155 Å². The Morgan fingerprint density at radius 2 is 1.86 bits per heavy atom. The summed E-state index contributed by atoms with van der Waals surface area (Å²) in [7, 11) is 0. The van der Waals surface area contributed by atoms with Crippen molar-refractivity contribution in [2.75, 3.05) is 0 Å². The minimum Gasteiger partial charge on any atom is -0.402 e. The van der Waals surface area contributed by atoms with Gasteiger partial charge in [0.15, 0.2) is 5.70 Å². The van der Waals surface area contributed by atoms with Crippen LogP contribution in [0.25, 0.3) is 6.08 Å². The molecule has 0 fully saturated rings. The molecule has 1 heterocycles. The van der Waals surface area contributed by atoms with Gasteiger partial charge < -0.3 is 4.74 Å². The monoisotopic (exact) mass is 515 g/mol. The van der Waals surface area contributed by atoms with Crippen molar-refractivity contribution in [3.63, 3.8) is 0 Å². The van der Waals surface area contributed by atoms with Crippen LogP contribution >= 0.6 is 45.2 Å². The maximum Gasteiger partial charge on any atom is 0.363 e. The number of halogens is 2. The number of carbonyl (C=O) groups is 1. The SMILES string of the molecule is Cc1cc(C2=N/C(=C\c3ccccc3I)C(=O)O2)ccc1I. The maximum atomic E-state index is 12.0. The van der Waals surface area contributed by atoms with E-state index in [9.17, 15) is 4.79 Å². The Hall–Kier alpha value is -1.22. The normalized spacial score (nSPS) is 15.9. The van der Waals surface area contributed by atoms with Gasteiger partial charge in [-0.25, -0.2) is 9.79 Å². The van der Waals surface area contributed by atoms with E-state index in [1.165, 1.54) is 3.57 Å². The maximum absolute atomic E-state index is 12.0. The Morgan fingerprint density at radius 1 is 1.09 bits per heavy atom. The lowest BCUT2D eigenvalue weighted by Crippen LogP contribution is -2.05. The number of ether oxygens (including phenoxy) is 1. The molecule has 0 atom stereocenters. The Kier molecular flexibility index (Phi) is 4.62. The average molecular weight is 515 g/mol. The zero-order valence-corrected chi connectivity index (χ0v) is 16.0. The number of rotatable bonds is 2. The summed E-state index contributed by atoms with van der Waals surface area (Å²) in [4.78, 5) is 16.4. The van der Waals surface area contributed by atoms with Crippen LogP contribution < -0.4 is 0 Å². The van der Waals surface area contributed by atoms with E-state index in [4.69, 9.17) is 4.74 Å². The second-order valence-electron chi connectivity index (χ2n) is 4.82. The third-order valence-corrected chi connectivity index (χ3v) is 5.42. The van der Waals surface area contributed by atoms with Gasteiger partial charge in [0.05, 0.1) is 0 Å². The molecule has 0 amide bonds. The van der Waals surface area contributed by atoms with E-state index in [0.717, 1.165) is 20.3 Å². The van der Waals surface area contributed by atoms with Crippen LogP contribution in [-0.2, 0) is 9.53 Å². The van der Waals surface area contributed by atoms with Gasteiger partial charge in [0.2, 0.25) is 5.90 Å².